The zero-order chi connectivity index (χ0) is 18.9. The Hall–Kier alpha value is -2.07. The van der Waals surface area contributed by atoms with Crippen LogP contribution in [0.1, 0.15) is 12.0 Å². The van der Waals surface area contributed by atoms with Gasteiger partial charge < -0.3 is 15.1 Å². The molecule has 27 heavy (non-hydrogen) atoms. The first-order valence-electron chi connectivity index (χ1n) is 8.37. The highest BCUT2D eigenvalue weighted by molar-refractivity contribution is 5.85. The van der Waals surface area contributed by atoms with E-state index in [1.807, 2.05) is 0 Å². The van der Waals surface area contributed by atoms with Gasteiger partial charge in [-0.05, 0) is 25.1 Å². The molecule has 7 nitrogen and oxygen atoms in total. The van der Waals surface area contributed by atoms with Crippen molar-refractivity contribution in [3.05, 3.63) is 33.9 Å². The molecular weight excluding hydrogens is 389 g/mol. The van der Waals surface area contributed by atoms with Crippen molar-refractivity contribution in [2.75, 3.05) is 44.2 Å². The molecule has 1 N–H and O–H groups in total. The number of nitro benzene ring substituents is 1. The summed E-state index contributed by atoms with van der Waals surface area (Å²) in [5.74, 6) is 0.0264. The van der Waals surface area contributed by atoms with Crippen LogP contribution in [-0.2, 0) is 11.0 Å². The summed E-state index contributed by atoms with van der Waals surface area (Å²) >= 11 is 0. The average molecular weight is 409 g/mol. The molecule has 1 unspecified atom stereocenters. The number of hydrogen-bond acceptors (Lipinski definition) is 5. The first-order chi connectivity index (χ1) is 12.3. The Morgan fingerprint density at radius 1 is 1.22 bits per heavy atom. The number of alkyl halides is 3. The van der Waals surface area contributed by atoms with E-state index in [1.54, 1.807) is 9.80 Å². The zero-order valence-corrected chi connectivity index (χ0v) is 15.2. The normalized spacial score (nSPS) is 20.3. The summed E-state index contributed by atoms with van der Waals surface area (Å²) in [5, 5.41) is 14.4. The molecule has 0 bridgehead atoms. The number of benzene rings is 1. The lowest BCUT2D eigenvalue weighted by Crippen LogP contribution is -2.50. The number of nitro groups is 1. The third kappa shape index (κ3) is 4.62. The van der Waals surface area contributed by atoms with Crippen molar-refractivity contribution in [3.8, 4) is 0 Å². The van der Waals surface area contributed by atoms with Crippen LogP contribution in [0.15, 0.2) is 18.2 Å². The molecule has 0 spiro atoms. The molecule has 2 saturated heterocycles. The van der Waals surface area contributed by atoms with Gasteiger partial charge in [0.1, 0.15) is 5.69 Å². The van der Waals surface area contributed by atoms with E-state index in [1.165, 1.54) is 0 Å². The van der Waals surface area contributed by atoms with E-state index in [0.29, 0.717) is 38.8 Å². The fourth-order valence-corrected chi connectivity index (χ4v) is 3.40. The van der Waals surface area contributed by atoms with Gasteiger partial charge >= 0.3 is 6.18 Å². The molecule has 2 aliphatic heterocycles. The quantitative estimate of drug-likeness (QED) is 0.613. The first-order valence-corrected chi connectivity index (χ1v) is 8.37. The molecule has 2 aliphatic rings. The maximum atomic E-state index is 12.8. The van der Waals surface area contributed by atoms with Crippen molar-refractivity contribution >= 4 is 29.7 Å². The monoisotopic (exact) mass is 408 g/mol. The molecule has 1 atom stereocenters. The van der Waals surface area contributed by atoms with Crippen LogP contribution in [0.3, 0.4) is 0 Å². The van der Waals surface area contributed by atoms with Crippen LogP contribution < -0.4 is 10.2 Å². The molecule has 1 aromatic carbocycles. The second-order valence-electron chi connectivity index (χ2n) is 6.46. The van der Waals surface area contributed by atoms with Crippen molar-refractivity contribution in [3.63, 3.8) is 0 Å². The van der Waals surface area contributed by atoms with Gasteiger partial charge in [-0.3, -0.25) is 14.9 Å². The van der Waals surface area contributed by atoms with Gasteiger partial charge in [-0.2, -0.15) is 13.2 Å². The van der Waals surface area contributed by atoms with Gasteiger partial charge in [-0.15, -0.1) is 12.4 Å². The van der Waals surface area contributed by atoms with Crippen LogP contribution >= 0.6 is 12.4 Å². The van der Waals surface area contributed by atoms with Gasteiger partial charge in [0.15, 0.2) is 0 Å². The molecule has 0 radical (unpaired) electrons. The Balaban J connectivity index is 0.00000261. The maximum Gasteiger partial charge on any atom is 0.416 e. The summed E-state index contributed by atoms with van der Waals surface area (Å²) in [7, 11) is 0. The zero-order valence-electron chi connectivity index (χ0n) is 14.4. The fourth-order valence-electron chi connectivity index (χ4n) is 3.40. The highest BCUT2D eigenvalue weighted by atomic mass is 35.5. The van der Waals surface area contributed by atoms with Gasteiger partial charge in [0.05, 0.1) is 16.4 Å². The molecule has 3 rings (SSSR count). The average Bonchev–Trinajstić information content (AvgIpc) is 3.14. The summed E-state index contributed by atoms with van der Waals surface area (Å²) in [6, 6.07) is 2.56. The summed E-state index contributed by atoms with van der Waals surface area (Å²) in [6.07, 6.45) is -3.84. The van der Waals surface area contributed by atoms with Crippen molar-refractivity contribution in [1.82, 2.24) is 10.2 Å². The molecular formula is C16H20ClF3N4O3. The van der Waals surface area contributed by atoms with Gasteiger partial charge in [0.25, 0.3) is 5.69 Å². The number of rotatable bonds is 3. The number of nitrogens with zero attached hydrogens (tertiary/aromatic N) is 3. The van der Waals surface area contributed by atoms with Gasteiger partial charge in [-0.1, -0.05) is 0 Å². The van der Waals surface area contributed by atoms with Crippen LogP contribution in [0.5, 0.6) is 0 Å². The van der Waals surface area contributed by atoms with E-state index in [2.05, 4.69) is 5.32 Å². The second-order valence-corrected chi connectivity index (χ2v) is 6.46. The third-order valence-electron chi connectivity index (χ3n) is 4.84. The summed E-state index contributed by atoms with van der Waals surface area (Å²) in [5.41, 5.74) is -1.47. The Labute approximate surface area is 160 Å². The lowest BCUT2D eigenvalue weighted by Gasteiger charge is -2.36. The first kappa shape index (κ1) is 21.2. The Morgan fingerprint density at radius 2 is 1.89 bits per heavy atom. The van der Waals surface area contributed by atoms with E-state index < -0.39 is 22.4 Å². The molecule has 0 saturated carbocycles. The Morgan fingerprint density at radius 3 is 2.41 bits per heavy atom. The van der Waals surface area contributed by atoms with Crippen molar-refractivity contribution in [2.24, 2.45) is 5.92 Å². The molecule has 150 valence electrons. The highest BCUT2D eigenvalue weighted by Crippen LogP contribution is 2.36. The minimum Gasteiger partial charge on any atom is -0.362 e. The van der Waals surface area contributed by atoms with E-state index in [0.717, 1.165) is 25.1 Å². The lowest BCUT2D eigenvalue weighted by atomic mass is 10.1. The van der Waals surface area contributed by atoms with Crippen LogP contribution in [0, 0.1) is 16.0 Å². The van der Waals surface area contributed by atoms with E-state index in [9.17, 15) is 28.1 Å². The van der Waals surface area contributed by atoms with E-state index in [4.69, 9.17) is 0 Å². The standard InChI is InChI=1S/C16H19F3N4O3.ClH/c17-16(18,19)12-1-2-13(14(9-12)23(25)26)21-5-7-22(8-6-21)15(24)11-3-4-20-10-11;/h1-2,9,11,20H,3-8,10H2;1H. The smallest absolute Gasteiger partial charge is 0.362 e. The molecule has 11 heteroatoms. The SMILES string of the molecule is Cl.O=C(C1CCNC1)N1CCN(c2ccc(C(F)(F)F)cc2[N+](=O)[O-])CC1. The van der Waals surface area contributed by atoms with Gasteiger partial charge in [0, 0.05) is 38.8 Å². The minimum absolute atomic E-state index is 0. The lowest BCUT2D eigenvalue weighted by molar-refractivity contribution is -0.384. The van der Waals surface area contributed by atoms with Crippen LogP contribution in [0.4, 0.5) is 24.5 Å². The van der Waals surface area contributed by atoms with Gasteiger partial charge in [0.2, 0.25) is 5.91 Å². The molecule has 0 aromatic heterocycles. The molecule has 2 heterocycles. The van der Waals surface area contributed by atoms with E-state index in [-0.39, 0.29) is 29.9 Å². The van der Waals surface area contributed by atoms with Crippen molar-refractivity contribution < 1.29 is 22.9 Å². The Kier molecular flexibility index (Phi) is 6.53. The van der Waals surface area contributed by atoms with Crippen molar-refractivity contribution in [2.45, 2.75) is 12.6 Å². The highest BCUT2D eigenvalue weighted by Gasteiger charge is 2.35. The number of nitrogens with one attached hydrogen (secondary N) is 1. The molecule has 1 aromatic rings. The number of anilines is 1. The number of carbonyl (C=O) groups excluding carboxylic acids is 1. The van der Waals surface area contributed by atoms with Crippen LogP contribution in [0.2, 0.25) is 0 Å². The topological polar surface area (TPSA) is 78.7 Å². The number of carbonyl (C=O) groups is 1. The molecule has 1 amide bonds. The predicted octanol–water partition coefficient (Wildman–Crippen LogP) is 2.29. The van der Waals surface area contributed by atoms with Crippen LogP contribution in [-0.4, -0.2) is 55.0 Å². The number of halogens is 4. The minimum atomic E-state index is -4.64. The number of piperazine rings is 1. The second kappa shape index (κ2) is 8.30. The summed E-state index contributed by atoms with van der Waals surface area (Å²) in [4.78, 5) is 26.2. The Bertz CT molecular complexity index is 703. The van der Waals surface area contributed by atoms with Crippen molar-refractivity contribution in [1.29, 1.82) is 0 Å². The molecule has 0 aliphatic carbocycles. The number of amides is 1. The summed E-state index contributed by atoms with van der Waals surface area (Å²) in [6.45, 7) is 2.95. The molecule has 2 fully saturated rings. The largest absolute Gasteiger partial charge is 0.416 e. The maximum absolute atomic E-state index is 12.8. The van der Waals surface area contributed by atoms with Crippen LogP contribution in [0.25, 0.3) is 0 Å². The number of hydrogen-bond donors (Lipinski definition) is 1. The van der Waals surface area contributed by atoms with Gasteiger partial charge in [-0.25, -0.2) is 0 Å². The predicted molar refractivity (Wildman–Crippen MR) is 95.1 cm³/mol. The van der Waals surface area contributed by atoms with E-state index >= 15 is 0 Å². The third-order valence-corrected chi connectivity index (χ3v) is 4.84. The fraction of sp³-hybridized carbons (Fsp3) is 0.562. The summed E-state index contributed by atoms with van der Waals surface area (Å²) < 4.78 is 38.4.